The van der Waals surface area contributed by atoms with Crippen molar-refractivity contribution in [2.24, 2.45) is 0 Å². The monoisotopic (exact) mass is 259 g/mol. The Hall–Kier alpha value is -1.66. The number of benzene rings is 1. The summed E-state index contributed by atoms with van der Waals surface area (Å²) in [6.45, 7) is 0. The topological polar surface area (TPSA) is 3.24 Å². The number of rotatable bonds is 0. The number of likely N-dealkylation sites (N-methyl/N-ethyl adjacent to an activating group) is 1. The maximum absolute atomic E-state index is 13.5. The molecule has 1 saturated heterocycles. The van der Waals surface area contributed by atoms with Gasteiger partial charge in [-0.1, -0.05) is 17.9 Å². The van der Waals surface area contributed by atoms with Crippen molar-refractivity contribution in [2.75, 3.05) is 7.05 Å². The fourth-order valence-electron chi connectivity index (χ4n) is 2.87. The van der Waals surface area contributed by atoms with E-state index >= 15 is 0 Å². The minimum atomic E-state index is -0.594. The summed E-state index contributed by atoms with van der Waals surface area (Å²) in [4.78, 5) is 2.38. The fourth-order valence-corrected chi connectivity index (χ4v) is 2.87. The van der Waals surface area contributed by atoms with Gasteiger partial charge in [0.15, 0.2) is 0 Å². The number of hydrogen-bond donors (Lipinski definition) is 0. The van der Waals surface area contributed by atoms with E-state index in [2.05, 4.69) is 29.9 Å². The zero-order chi connectivity index (χ0) is 13.4. The normalized spacial score (nSPS) is 25.7. The van der Waals surface area contributed by atoms with Crippen LogP contribution in [0.15, 0.2) is 29.8 Å². The summed E-state index contributed by atoms with van der Waals surface area (Å²) in [5.41, 5.74) is 1.34. The Morgan fingerprint density at radius 3 is 2.79 bits per heavy atom. The van der Waals surface area contributed by atoms with Crippen LogP contribution in [0.1, 0.15) is 24.8 Å². The minimum Gasteiger partial charge on any atom is -0.297 e. The average molecular weight is 259 g/mol. The highest BCUT2D eigenvalue weighted by Gasteiger charge is 2.33. The molecule has 2 aliphatic rings. The lowest BCUT2D eigenvalue weighted by atomic mass is 10.0. The lowest BCUT2D eigenvalue weighted by Gasteiger charge is -2.28. The molecule has 2 aliphatic heterocycles. The van der Waals surface area contributed by atoms with Crippen LogP contribution in [-0.4, -0.2) is 24.0 Å². The molecule has 0 aliphatic carbocycles. The molecule has 0 N–H and O–H groups in total. The van der Waals surface area contributed by atoms with Crippen molar-refractivity contribution in [3.63, 3.8) is 0 Å². The van der Waals surface area contributed by atoms with E-state index in [-0.39, 0.29) is 5.56 Å². The molecule has 2 heterocycles. The molecule has 0 radical (unpaired) electrons. The van der Waals surface area contributed by atoms with Crippen molar-refractivity contribution in [1.82, 2.24) is 4.90 Å². The SMILES string of the molecule is CN1C2C=C(C#Cc3ccc(F)cc3F)CC1CC2. The highest BCUT2D eigenvalue weighted by Crippen LogP contribution is 2.32. The lowest BCUT2D eigenvalue weighted by molar-refractivity contribution is 0.257. The molecule has 3 rings (SSSR count). The second-order valence-electron chi connectivity index (χ2n) is 5.23. The van der Waals surface area contributed by atoms with Gasteiger partial charge in [-0.15, -0.1) is 0 Å². The second kappa shape index (κ2) is 4.79. The Balaban J connectivity index is 1.83. The van der Waals surface area contributed by atoms with E-state index in [0.717, 1.165) is 18.1 Å². The lowest BCUT2D eigenvalue weighted by Crippen LogP contribution is -2.34. The van der Waals surface area contributed by atoms with Gasteiger partial charge in [-0.25, -0.2) is 8.78 Å². The molecule has 1 fully saturated rings. The molecular formula is C16H15F2N. The second-order valence-corrected chi connectivity index (χ2v) is 5.23. The number of hydrogen-bond acceptors (Lipinski definition) is 1. The quantitative estimate of drug-likeness (QED) is 0.647. The van der Waals surface area contributed by atoms with E-state index in [0.29, 0.717) is 12.1 Å². The molecule has 2 unspecified atom stereocenters. The first kappa shape index (κ1) is 12.4. The van der Waals surface area contributed by atoms with Crippen LogP contribution in [0.25, 0.3) is 0 Å². The third kappa shape index (κ3) is 2.41. The van der Waals surface area contributed by atoms with Crippen molar-refractivity contribution in [1.29, 1.82) is 0 Å². The maximum atomic E-state index is 13.5. The van der Waals surface area contributed by atoms with Crippen LogP contribution in [0.4, 0.5) is 8.78 Å². The zero-order valence-corrected chi connectivity index (χ0v) is 10.8. The van der Waals surface area contributed by atoms with Crippen molar-refractivity contribution in [3.8, 4) is 11.8 Å². The molecule has 2 atom stereocenters. The Labute approximate surface area is 111 Å². The van der Waals surface area contributed by atoms with Crippen LogP contribution in [0.5, 0.6) is 0 Å². The first-order valence-electron chi connectivity index (χ1n) is 6.53. The predicted octanol–water partition coefficient (Wildman–Crippen LogP) is 3.11. The fraction of sp³-hybridized carbons (Fsp3) is 0.375. The van der Waals surface area contributed by atoms with Crippen LogP contribution >= 0.6 is 0 Å². The summed E-state index contributed by atoms with van der Waals surface area (Å²) in [7, 11) is 2.14. The van der Waals surface area contributed by atoms with Gasteiger partial charge in [0.1, 0.15) is 11.6 Å². The Kier molecular flexibility index (Phi) is 3.12. The zero-order valence-electron chi connectivity index (χ0n) is 10.8. The van der Waals surface area contributed by atoms with Crippen LogP contribution < -0.4 is 0 Å². The summed E-state index contributed by atoms with van der Waals surface area (Å²) in [6.07, 6.45) is 5.49. The van der Waals surface area contributed by atoms with Gasteiger partial charge in [0.25, 0.3) is 0 Å². The molecule has 0 spiro atoms. The first-order valence-corrected chi connectivity index (χ1v) is 6.53. The number of halogens is 2. The number of fused-ring (bicyclic) bond motifs is 2. The Bertz CT molecular complexity index is 595. The highest BCUT2D eigenvalue weighted by atomic mass is 19.1. The molecule has 0 amide bonds. The predicted molar refractivity (Wildman–Crippen MR) is 70.5 cm³/mol. The molecule has 0 saturated carbocycles. The molecule has 19 heavy (non-hydrogen) atoms. The molecule has 3 heteroatoms. The van der Waals surface area contributed by atoms with E-state index in [1.54, 1.807) is 0 Å². The van der Waals surface area contributed by atoms with Crippen molar-refractivity contribution in [3.05, 3.63) is 47.0 Å². The van der Waals surface area contributed by atoms with Gasteiger partial charge in [0.2, 0.25) is 0 Å². The van der Waals surface area contributed by atoms with Crippen LogP contribution in [0.3, 0.4) is 0 Å². The van der Waals surface area contributed by atoms with E-state index in [9.17, 15) is 8.78 Å². The van der Waals surface area contributed by atoms with Gasteiger partial charge in [-0.05, 0) is 38.4 Å². The molecule has 98 valence electrons. The minimum absolute atomic E-state index is 0.258. The molecule has 1 nitrogen and oxygen atoms in total. The van der Waals surface area contributed by atoms with Crippen molar-refractivity contribution >= 4 is 0 Å². The van der Waals surface area contributed by atoms with Crippen LogP contribution in [0, 0.1) is 23.5 Å². The highest BCUT2D eigenvalue weighted by molar-refractivity contribution is 5.43. The Morgan fingerprint density at radius 2 is 2.05 bits per heavy atom. The average Bonchev–Trinajstić information content (AvgIpc) is 2.62. The maximum Gasteiger partial charge on any atom is 0.141 e. The van der Waals surface area contributed by atoms with Crippen molar-refractivity contribution in [2.45, 2.75) is 31.3 Å². The van der Waals surface area contributed by atoms with Gasteiger partial charge in [0, 0.05) is 23.7 Å². The van der Waals surface area contributed by atoms with E-state index in [1.165, 1.54) is 25.0 Å². The van der Waals surface area contributed by atoms with E-state index in [1.807, 2.05) is 0 Å². The van der Waals surface area contributed by atoms with Crippen molar-refractivity contribution < 1.29 is 8.78 Å². The molecule has 1 aromatic rings. The summed E-state index contributed by atoms with van der Waals surface area (Å²) >= 11 is 0. The third-order valence-electron chi connectivity index (χ3n) is 4.03. The summed E-state index contributed by atoms with van der Waals surface area (Å²) in [5.74, 6) is 4.69. The smallest absolute Gasteiger partial charge is 0.141 e. The van der Waals surface area contributed by atoms with Crippen LogP contribution in [0.2, 0.25) is 0 Å². The molecule has 1 aromatic carbocycles. The molecule has 2 bridgehead atoms. The Morgan fingerprint density at radius 1 is 1.21 bits per heavy atom. The van der Waals surface area contributed by atoms with E-state index < -0.39 is 11.6 Å². The van der Waals surface area contributed by atoms with Gasteiger partial charge in [-0.3, -0.25) is 4.90 Å². The molecule has 0 aromatic heterocycles. The van der Waals surface area contributed by atoms with E-state index in [4.69, 9.17) is 0 Å². The van der Waals surface area contributed by atoms with Gasteiger partial charge in [-0.2, -0.15) is 0 Å². The number of nitrogens with zero attached hydrogens (tertiary/aromatic N) is 1. The standard InChI is InChI=1S/C16H15F2N/c1-19-14-6-7-15(19)9-11(8-14)2-3-12-4-5-13(17)10-16(12)18/h4-5,8,10,14-15H,6-7,9H2,1H3. The summed E-state index contributed by atoms with van der Waals surface area (Å²) < 4.78 is 26.3. The van der Waals surface area contributed by atoms with Gasteiger partial charge < -0.3 is 0 Å². The van der Waals surface area contributed by atoms with Gasteiger partial charge in [0.05, 0.1) is 5.56 Å². The van der Waals surface area contributed by atoms with Gasteiger partial charge >= 0.3 is 0 Å². The summed E-state index contributed by atoms with van der Waals surface area (Å²) in [6, 6.07) is 4.54. The largest absolute Gasteiger partial charge is 0.297 e. The summed E-state index contributed by atoms with van der Waals surface area (Å²) in [5, 5.41) is 0. The third-order valence-corrected chi connectivity index (χ3v) is 4.03. The first-order chi connectivity index (χ1) is 9.13. The molecular weight excluding hydrogens is 244 g/mol. The van der Waals surface area contributed by atoms with Crippen LogP contribution in [-0.2, 0) is 0 Å².